The fraction of sp³-hybridized carbons (Fsp3) is 0. The second-order valence-corrected chi connectivity index (χ2v) is 6.11. The van der Waals surface area contributed by atoms with E-state index in [4.69, 9.17) is 4.42 Å². The highest BCUT2D eigenvalue weighted by atomic mass is 127. The van der Waals surface area contributed by atoms with Crippen molar-refractivity contribution < 1.29 is 14.1 Å². The molecule has 0 unspecified atom stereocenters. The second kappa shape index (κ2) is 6.40. The number of anilines is 1. The van der Waals surface area contributed by atoms with Gasteiger partial charge >= 0.3 is 11.3 Å². The van der Waals surface area contributed by atoms with Crippen LogP contribution in [0.4, 0.5) is 11.4 Å². The molecule has 7 nitrogen and oxygen atoms in total. The Morgan fingerprint density at radius 3 is 2.62 bits per heavy atom. The minimum Gasteiger partial charge on any atom is -0.414 e. The molecule has 8 heteroatoms. The summed E-state index contributed by atoms with van der Waals surface area (Å²) in [4.78, 5) is 34.6. The lowest BCUT2D eigenvalue weighted by Crippen LogP contribution is -2.18. The molecule has 2 aromatic carbocycles. The summed E-state index contributed by atoms with van der Waals surface area (Å²) in [6, 6.07) is 12.5. The molecule has 1 aromatic heterocycles. The first-order chi connectivity index (χ1) is 11.5. The van der Waals surface area contributed by atoms with Crippen LogP contribution in [0.25, 0.3) is 11.0 Å². The Labute approximate surface area is 148 Å². The minimum atomic E-state index is -0.851. The van der Waals surface area contributed by atoms with Crippen LogP contribution in [-0.2, 0) is 0 Å². The molecule has 0 bridgehead atoms. The average Bonchev–Trinajstić information content (AvgIpc) is 2.54. The van der Waals surface area contributed by atoms with Crippen molar-refractivity contribution >= 4 is 50.8 Å². The van der Waals surface area contributed by atoms with Gasteiger partial charge in [0.1, 0.15) is 5.69 Å². The van der Waals surface area contributed by atoms with Crippen molar-refractivity contribution in [1.82, 2.24) is 0 Å². The summed E-state index contributed by atoms with van der Waals surface area (Å²) in [5.74, 6) is -0.467. The Kier molecular flexibility index (Phi) is 4.30. The molecule has 0 saturated carbocycles. The van der Waals surface area contributed by atoms with Crippen LogP contribution in [0.2, 0.25) is 0 Å². The van der Waals surface area contributed by atoms with Gasteiger partial charge in [0, 0.05) is 20.6 Å². The first-order valence-electron chi connectivity index (χ1n) is 6.74. The van der Waals surface area contributed by atoms with Gasteiger partial charge in [0.25, 0.3) is 5.91 Å². The van der Waals surface area contributed by atoms with Crippen molar-refractivity contribution in [3.63, 3.8) is 0 Å². The highest BCUT2D eigenvalue weighted by Crippen LogP contribution is 2.25. The summed E-state index contributed by atoms with van der Waals surface area (Å²) in [7, 11) is 0. The number of nitrogens with one attached hydrogen (secondary N) is 1. The van der Waals surface area contributed by atoms with Crippen molar-refractivity contribution in [1.29, 1.82) is 0 Å². The number of para-hydroxylation sites is 1. The number of benzene rings is 2. The van der Waals surface area contributed by atoms with Crippen molar-refractivity contribution in [3.05, 3.63) is 78.2 Å². The van der Waals surface area contributed by atoms with Crippen LogP contribution in [-0.4, -0.2) is 10.8 Å². The minimum absolute atomic E-state index is 0.0770. The molecular weight excluding hydrogens is 427 g/mol. The van der Waals surface area contributed by atoms with Gasteiger partial charge in [-0.25, -0.2) is 4.79 Å². The van der Waals surface area contributed by atoms with Gasteiger partial charge in [0.2, 0.25) is 5.58 Å². The summed E-state index contributed by atoms with van der Waals surface area (Å²) < 4.78 is 5.91. The standard InChI is InChI=1S/C16H9IN2O5/c17-11-5-1-4-10(7-11)15(20)18-12-8-9-3-2-6-13(19(22)23)14(9)24-16(12)21/h1-8H,(H,18,20). The summed E-state index contributed by atoms with van der Waals surface area (Å²) in [5, 5.41) is 13.8. The van der Waals surface area contributed by atoms with E-state index in [1.54, 1.807) is 24.3 Å². The fourth-order valence-corrected chi connectivity index (χ4v) is 2.73. The topological polar surface area (TPSA) is 102 Å². The van der Waals surface area contributed by atoms with Gasteiger partial charge in [-0.3, -0.25) is 14.9 Å². The van der Waals surface area contributed by atoms with Crippen LogP contribution in [0, 0.1) is 13.7 Å². The quantitative estimate of drug-likeness (QED) is 0.293. The van der Waals surface area contributed by atoms with E-state index < -0.39 is 16.5 Å². The third-order valence-corrected chi connectivity index (χ3v) is 3.94. The number of non-ortho nitro benzene ring substituents is 1. The van der Waals surface area contributed by atoms with Gasteiger partial charge in [0.15, 0.2) is 0 Å². The summed E-state index contributed by atoms with van der Waals surface area (Å²) in [5.41, 5.74) is -0.970. The number of nitrogens with zero attached hydrogens (tertiary/aromatic N) is 1. The fourth-order valence-electron chi connectivity index (χ4n) is 2.18. The Morgan fingerprint density at radius 1 is 1.17 bits per heavy atom. The number of hydrogen-bond donors (Lipinski definition) is 1. The smallest absolute Gasteiger partial charge is 0.360 e. The second-order valence-electron chi connectivity index (χ2n) is 4.86. The zero-order valence-electron chi connectivity index (χ0n) is 12.0. The highest BCUT2D eigenvalue weighted by Gasteiger charge is 2.17. The third kappa shape index (κ3) is 3.13. The van der Waals surface area contributed by atoms with Gasteiger partial charge in [0.05, 0.1) is 4.92 Å². The van der Waals surface area contributed by atoms with E-state index in [0.717, 1.165) is 3.57 Å². The van der Waals surface area contributed by atoms with Gasteiger partial charge in [-0.05, 0) is 46.9 Å². The normalized spacial score (nSPS) is 10.5. The Bertz CT molecular complexity index is 1030. The molecule has 24 heavy (non-hydrogen) atoms. The lowest BCUT2D eigenvalue weighted by molar-refractivity contribution is -0.383. The molecule has 0 spiro atoms. The number of halogens is 1. The molecule has 3 rings (SSSR count). The van der Waals surface area contributed by atoms with Crippen LogP contribution >= 0.6 is 22.6 Å². The largest absolute Gasteiger partial charge is 0.414 e. The number of rotatable bonds is 3. The highest BCUT2D eigenvalue weighted by molar-refractivity contribution is 14.1. The number of carbonyl (C=O) groups excluding carboxylic acids is 1. The summed E-state index contributed by atoms with van der Waals surface area (Å²) >= 11 is 2.07. The molecule has 0 aliphatic rings. The van der Waals surface area contributed by atoms with Gasteiger partial charge in [-0.1, -0.05) is 18.2 Å². The number of amides is 1. The lowest BCUT2D eigenvalue weighted by Gasteiger charge is -2.05. The molecule has 0 aliphatic heterocycles. The van der Waals surface area contributed by atoms with Crippen LogP contribution in [0.5, 0.6) is 0 Å². The van der Waals surface area contributed by atoms with Crippen molar-refractivity contribution in [2.24, 2.45) is 0 Å². The SMILES string of the molecule is O=C(Nc1cc2cccc([N+](=O)[O-])c2oc1=O)c1cccc(I)c1. The van der Waals surface area contributed by atoms with E-state index in [9.17, 15) is 19.7 Å². The third-order valence-electron chi connectivity index (χ3n) is 3.27. The zero-order valence-corrected chi connectivity index (χ0v) is 14.1. The average molecular weight is 436 g/mol. The molecule has 120 valence electrons. The van der Waals surface area contributed by atoms with Gasteiger partial charge in [-0.2, -0.15) is 0 Å². The number of carbonyl (C=O) groups is 1. The molecule has 1 amide bonds. The van der Waals surface area contributed by atoms with Crippen molar-refractivity contribution in [2.75, 3.05) is 5.32 Å². The van der Waals surface area contributed by atoms with E-state index in [1.807, 2.05) is 6.07 Å². The molecule has 0 fully saturated rings. The maximum atomic E-state index is 12.2. The molecule has 0 aliphatic carbocycles. The Balaban J connectivity index is 2.02. The molecular formula is C16H9IN2O5. The number of nitro benzene ring substituents is 1. The Morgan fingerprint density at radius 2 is 1.92 bits per heavy atom. The zero-order chi connectivity index (χ0) is 17.3. The first-order valence-corrected chi connectivity index (χ1v) is 7.82. The predicted octanol–water partition coefficient (Wildman–Crippen LogP) is 3.56. The lowest BCUT2D eigenvalue weighted by atomic mass is 10.2. The molecule has 1 heterocycles. The van der Waals surface area contributed by atoms with E-state index in [2.05, 4.69) is 27.9 Å². The number of hydrogen-bond acceptors (Lipinski definition) is 5. The first kappa shape index (κ1) is 16.1. The van der Waals surface area contributed by atoms with E-state index in [-0.39, 0.29) is 17.0 Å². The van der Waals surface area contributed by atoms with Crippen molar-refractivity contribution in [3.8, 4) is 0 Å². The molecule has 0 radical (unpaired) electrons. The predicted molar refractivity (Wildman–Crippen MR) is 96.3 cm³/mol. The van der Waals surface area contributed by atoms with Crippen molar-refractivity contribution in [2.45, 2.75) is 0 Å². The van der Waals surface area contributed by atoms with E-state index in [0.29, 0.717) is 10.9 Å². The van der Waals surface area contributed by atoms with Gasteiger partial charge < -0.3 is 9.73 Å². The molecule has 1 N–H and O–H groups in total. The Hall–Kier alpha value is -2.75. The van der Waals surface area contributed by atoms with E-state index in [1.165, 1.54) is 18.2 Å². The molecule has 0 saturated heterocycles. The molecule has 0 atom stereocenters. The summed E-state index contributed by atoms with van der Waals surface area (Å²) in [6.45, 7) is 0. The maximum absolute atomic E-state index is 12.2. The van der Waals surface area contributed by atoms with Crippen LogP contribution in [0.3, 0.4) is 0 Å². The van der Waals surface area contributed by atoms with Crippen LogP contribution < -0.4 is 10.9 Å². The van der Waals surface area contributed by atoms with Gasteiger partial charge in [-0.15, -0.1) is 0 Å². The number of fused-ring (bicyclic) bond motifs is 1. The van der Waals surface area contributed by atoms with Crippen LogP contribution in [0.1, 0.15) is 10.4 Å². The number of nitro groups is 1. The van der Waals surface area contributed by atoms with Crippen LogP contribution in [0.15, 0.2) is 57.7 Å². The monoisotopic (exact) mass is 436 g/mol. The maximum Gasteiger partial charge on any atom is 0.360 e. The van der Waals surface area contributed by atoms with E-state index >= 15 is 0 Å². The summed E-state index contributed by atoms with van der Waals surface area (Å²) in [6.07, 6.45) is 0. The molecule has 3 aromatic rings.